The molecule has 100 valence electrons. The summed E-state index contributed by atoms with van der Waals surface area (Å²) in [7, 11) is 1.38. The van der Waals surface area contributed by atoms with Gasteiger partial charge in [-0.25, -0.2) is 0 Å². The zero-order valence-corrected chi connectivity index (χ0v) is 11.2. The van der Waals surface area contributed by atoms with Crippen molar-refractivity contribution in [1.29, 1.82) is 0 Å². The third-order valence-corrected chi connectivity index (χ3v) is 3.11. The molecule has 0 fully saturated rings. The molecule has 0 aliphatic carbocycles. The van der Waals surface area contributed by atoms with E-state index in [0.29, 0.717) is 5.76 Å². The number of esters is 1. The number of aromatic nitrogens is 1. The summed E-state index contributed by atoms with van der Waals surface area (Å²) in [4.78, 5) is 11.4. The quantitative estimate of drug-likeness (QED) is 0.774. The van der Waals surface area contributed by atoms with E-state index in [1.54, 1.807) is 0 Å². The highest BCUT2D eigenvalue weighted by atomic mass is 16.5. The number of nitrogens with zero attached hydrogens (tertiary/aromatic N) is 1. The summed E-state index contributed by atoms with van der Waals surface area (Å²) in [5, 5.41) is 4.04. The fraction of sp³-hybridized carbons (Fsp3) is 0.333. The number of methoxy groups -OCH3 is 1. The van der Waals surface area contributed by atoms with Gasteiger partial charge in [-0.2, -0.15) is 0 Å². The standard InChI is InChI=1S/C15H17NO3/c1-11-13(10-15(17)18-2)14(16-19-11)9-8-12-6-4-3-5-7-12/h3-7H,8-10H2,1-2H3. The maximum absolute atomic E-state index is 11.4. The van der Waals surface area contributed by atoms with E-state index >= 15 is 0 Å². The van der Waals surface area contributed by atoms with Crippen LogP contribution in [0.5, 0.6) is 0 Å². The van der Waals surface area contributed by atoms with Gasteiger partial charge in [-0.05, 0) is 25.3 Å². The maximum Gasteiger partial charge on any atom is 0.310 e. The van der Waals surface area contributed by atoms with Crippen molar-refractivity contribution in [3.8, 4) is 0 Å². The molecule has 4 heteroatoms. The van der Waals surface area contributed by atoms with Gasteiger partial charge in [-0.3, -0.25) is 4.79 Å². The molecular formula is C15H17NO3. The summed E-state index contributed by atoms with van der Waals surface area (Å²) in [5.74, 6) is 0.417. The summed E-state index contributed by atoms with van der Waals surface area (Å²) in [5.41, 5.74) is 2.93. The number of aryl methyl sites for hydroxylation is 3. The van der Waals surface area contributed by atoms with Gasteiger partial charge in [0.1, 0.15) is 5.76 Å². The molecule has 4 nitrogen and oxygen atoms in total. The molecule has 2 aromatic rings. The van der Waals surface area contributed by atoms with Gasteiger partial charge >= 0.3 is 5.97 Å². The number of carbonyl (C=O) groups is 1. The van der Waals surface area contributed by atoms with E-state index in [1.165, 1.54) is 12.7 Å². The van der Waals surface area contributed by atoms with E-state index in [9.17, 15) is 4.79 Å². The topological polar surface area (TPSA) is 52.3 Å². The Labute approximate surface area is 112 Å². The van der Waals surface area contributed by atoms with Crippen molar-refractivity contribution >= 4 is 5.97 Å². The first kappa shape index (κ1) is 13.3. The second kappa shape index (κ2) is 6.18. The molecule has 0 N–H and O–H groups in total. The van der Waals surface area contributed by atoms with Crippen LogP contribution in [0.4, 0.5) is 0 Å². The van der Waals surface area contributed by atoms with Crippen LogP contribution < -0.4 is 0 Å². The van der Waals surface area contributed by atoms with E-state index in [-0.39, 0.29) is 12.4 Å². The van der Waals surface area contributed by atoms with Crippen molar-refractivity contribution in [1.82, 2.24) is 5.16 Å². The smallest absolute Gasteiger partial charge is 0.310 e. The van der Waals surface area contributed by atoms with Gasteiger partial charge in [0.15, 0.2) is 0 Å². The molecule has 0 unspecified atom stereocenters. The van der Waals surface area contributed by atoms with Crippen LogP contribution in [-0.2, 0) is 28.8 Å². The molecule has 2 rings (SSSR count). The molecular weight excluding hydrogens is 242 g/mol. The lowest BCUT2D eigenvalue weighted by Crippen LogP contribution is -2.07. The molecule has 0 aliphatic rings. The second-order valence-corrected chi connectivity index (χ2v) is 4.40. The second-order valence-electron chi connectivity index (χ2n) is 4.40. The number of carbonyl (C=O) groups excluding carboxylic acids is 1. The predicted molar refractivity (Wildman–Crippen MR) is 70.8 cm³/mol. The number of hydrogen-bond acceptors (Lipinski definition) is 4. The molecule has 0 radical (unpaired) electrons. The number of ether oxygens (including phenoxy) is 1. The molecule has 0 atom stereocenters. The minimum absolute atomic E-state index is 0.218. The largest absolute Gasteiger partial charge is 0.469 e. The van der Waals surface area contributed by atoms with Crippen molar-refractivity contribution in [2.24, 2.45) is 0 Å². The van der Waals surface area contributed by atoms with Gasteiger partial charge in [-0.1, -0.05) is 35.5 Å². The SMILES string of the molecule is COC(=O)Cc1c(CCc2ccccc2)noc1C. The van der Waals surface area contributed by atoms with Crippen LogP contribution >= 0.6 is 0 Å². The Morgan fingerprint density at radius 2 is 2.00 bits per heavy atom. The van der Waals surface area contributed by atoms with Crippen molar-refractivity contribution in [3.05, 3.63) is 52.9 Å². The minimum Gasteiger partial charge on any atom is -0.469 e. The van der Waals surface area contributed by atoms with Gasteiger partial charge in [0.2, 0.25) is 0 Å². The third-order valence-electron chi connectivity index (χ3n) is 3.11. The highest BCUT2D eigenvalue weighted by Crippen LogP contribution is 2.17. The fourth-order valence-electron chi connectivity index (χ4n) is 1.98. The summed E-state index contributed by atoms with van der Waals surface area (Å²) in [6.45, 7) is 1.82. The number of hydrogen-bond donors (Lipinski definition) is 0. The molecule has 0 amide bonds. The lowest BCUT2D eigenvalue weighted by atomic mass is 10.0. The van der Waals surface area contributed by atoms with Crippen molar-refractivity contribution in [3.63, 3.8) is 0 Å². The van der Waals surface area contributed by atoms with Gasteiger partial charge in [0.05, 0.1) is 19.2 Å². The van der Waals surface area contributed by atoms with E-state index in [0.717, 1.165) is 24.1 Å². The third kappa shape index (κ3) is 3.44. The zero-order valence-electron chi connectivity index (χ0n) is 11.2. The molecule has 0 saturated heterocycles. The van der Waals surface area contributed by atoms with Gasteiger partial charge in [-0.15, -0.1) is 0 Å². The Balaban J connectivity index is 2.06. The fourth-order valence-corrected chi connectivity index (χ4v) is 1.98. The summed E-state index contributed by atoms with van der Waals surface area (Å²) >= 11 is 0. The molecule has 0 bridgehead atoms. The summed E-state index contributed by atoms with van der Waals surface area (Å²) in [6, 6.07) is 10.2. The van der Waals surface area contributed by atoms with Crippen LogP contribution in [0.25, 0.3) is 0 Å². The molecule has 1 heterocycles. The zero-order chi connectivity index (χ0) is 13.7. The van der Waals surface area contributed by atoms with Crippen LogP contribution in [0, 0.1) is 6.92 Å². The Hall–Kier alpha value is -2.10. The first-order chi connectivity index (χ1) is 9.20. The van der Waals surface area contributed by atoms with Crippen molar-refractivity contribution in [2.75, 3.05) is 7.11 Å². The Kier molecular flexibility index (Phi) is 4.34. The maximum atomic E-state index is 11.4. The minimum atomic E-state index is -0.271. The van der Waals surface area contributed by atoms with E-state index in [4.69, 9.17) is 4.52 Å². The van der Waals surface area contributed by atoms with Crippen LogP contribution in [-0.4, -0.2) is 18.2 Å². The van der Waals surface area contributed by atoms with Crippen molar-refractivity contribution in [2.45, 2.75) is 26.2 Å². The molecule has 1 aromatic heterocycles. The predicted octanol–water partition coefficient (Wildman–Crippen LogP) is 2.48. The highest BCUT2D eigenvalue weighted by Gasteiger charge is 2.16. The lowest BCUT2D eigenvalue weighted by molar-refractivity contribution is -0.139. The summed E-state index contributed by atoms with van der Waals surface area (Å²) < 4.78 is 9.86. The molecule has 0 aliphatic heterocycles. The average Bonchev–Trinajstić information content (AvgIpc) is 2.78. The normalized spacial score (nSPS) is 10.4. The Morgan fingerprint density at radius 1 is 1.26 bits per heavy atom. The Bertz CT molecular complexity index is 546. The summed E-state index contributed by atoms with van der Waals surface area (Å²) in [6.07, 6.45) is 1.85. The van der Waals surface area contributed by atoms with E-state index < -0.39 is 0 Å². The lowest BCUT2D eigenvalue weighted by Gasteiger charge is -2.02. The van der Waals surface area contributed by atoms with E-state index in [2.05, 4.69) is 22.0 Å². The van der Waals surface area contributed by atoms with Crippen LogP contribution in [0.2, 0.25) is 0 Å². The van der Waals surface area contributed by atoms with Crippen LogP contribution in [0.15, 0.2) is 34.9 Å². The first-order valence-electron chi connectivity index (χ1n) is 6.25. The van der Waals surface area contributed by atoms with Gasteiger partial charge in [0.25, 0.3) is 0 Å². The van der Waals surface area contributed by atoms with Crippen molar-refractivity contribution < 1.29 is 14.1 Å². The van der Waals surface area contributed by atoms with E-state index in [1.807, 2.05) is 25.1 Å². The number of rotatable bonds is 5. The van der Waals surface area contributed by atoms with Crippen LogP contribution in [0.3, 0.4) is 0 Å². The monoisotopic (exact) mass is 259 g/mol. The highest BCUT2D eigenvalue weighted by molar-refractivity contribution is 5.72. The molecule has 19 heavy (non-hydrogen) atoms. The van der Waals surface area contributed by atoms with Gasteiger partial charge in [0, 0.05) is 5.56 Å². The molecule has 0 spiro atoms. The molecule has 0 saturated carbocycles. The average molecular weight is 259 g/mol. The Morgan fingerprint density at radius 3 is 2.68 bits per heavy atom. The number of benzene rings is 1. The van der Waals surface area contributed by atoms with Gasteiger partial charge < -0.3 is 9.26 Å². The van der Waals surface area contributed by atoms with Crippen LogP contribution in [0.1, 0.15) is 22.6 Å². The first-order valence-corrected chi connectivity index (χ1v) is 6.25. The molecule has 1 aromatic carbocycles.